The third-order valence-corrected chi connectivity index (χ3v) is 2.62. The molecule has 0 aliphatic rings. The van der Waals surface area contributed by atoms with Crippen LogP contribution in [0, 0.1) is 5.82 Å². The van der Waals surface area contributed by atoms with Crippen molar-refractivity contribution in [2.45, 2.75) is 6.92 Å². The number of ether oxygens (including phenoxy) is 1. The van der Waals surface area contributed by atoms with E-state index < -0.39 is 11.8 Å². The second kappa shape index (κ2) is 5.30. The predicted octanol–water partition coefficient (Wildman–Crippen LogP) is 3.42. The highest BCUT2D eigenvalue weighted by Crippen LogP contribution is 2.27. The fraction of sp³-hybridized carbons (Fsp3) is 0.167. The van der Waals surface area contributed by atoms with Crippen molar-refractivity contribution in [3.63, 3.8) is 0 Å². The Morgan fingerprint density at radius 1 is 1.50 bits per heavy atom. The molecule has 0 N–H and O–H groups in total. The van der Waals surface area contributed by atoms with E-state index in [4.69, 9.17) is 9.15 Å². The van der Waals surface area contributed by atoms with Crippen LogP contribution < -0.4 is 0 Å². The molecule has 0 radical (unpaired) electrons. The molecule has 4 nitrogen and oxygen atoms in total. The summed E-state index contributed by atoms with van der Waals surface area (Å²) in [5.41, 5.74) is 0.455. The summed E-state index contributed by atoms with van der Waals surface area (Å²) in [6, 6.07) is 4.20. The van der Waals surface area contributed by atoms with E-state index in [0.29, 0.717) is 10.0 Å². The average Bonchev–Trinajstić information content (AvgIpc) is 2.76. The summed E-state index contributed by atoms with van der Waals surface area (Å²) >= 11 is 3.17. The normalized spacial score (nSPS) is 10.4. The maximum atomic E-state index is 13.3. The molecule has 18 heavy (non-hydrogen) atoms. The number of carbonyl (C=O) groups excluding carboxylic acids is 1. The molecule has 1 heterocycles. The molecule has 0 unspecified atom stereocenters. The fourth-order valence-electron chi connectivity index (χ4n) is 1.48. The van der Waals surface area contributed by atoms with Crippen LogP contribution in [0.3, 0.4) is 0 Å². The van der Waals surface area contributed by atoms with Crippen molar-refractivity contribution in [2.75, 3.05) is 6.61 Å². The molecule has 0 atom stereocenters. The smallest absolute Gasteiger partial charge is 0.360 e. The van der Waals surface area contributed by atoms with E-state index in [1.165, 1.54) is 12.1 Å². The van der Waals surface area contributed by atoms with Gasteiger partial charge < -0.3 is 9.15 Å². The van der Waals surface area contributed by atoms with Gasteiger partial charge in [0.25, 0.3) is 0 Å². The molecule has 6 heteroatoms. The van der Waals surface area contributed by atoms with Crippen LogP contribution in [0.2, 0.25) is 0 Å². The quantitative estimate of drug-likeness (QED) is 0.815. The van der Waals surface area contributed by atoms with Gasteiger partial charge in [-0.05, 0) is 25.1 Å². The van der Waals surface area contributed by atoms with E-state index in [-0.39, 0.29) is 18.1 Å². The number of halogens is 2. The van der Waals surface area contributed by atoms with E-state index in [9.17, 15) is 9.18 Å². The van der Waals surface area contributed by atoms with E-state index in [0.717, 1.165) is 6.39 Å². The molecular weight excluding hydrogens is 305 g/mol. The Morgan fingerprint density at radius 2 is 2.28 bits per heavy atom. The molecule has 0 spiro atoms. The number of hydrogen-bond acceptors (Lipinski definition) is 4. The van der Waals surface area contributed by atoms with Crippen LogP contribution >= 0.6 is 15.9 Å². The fourth-order valence-corrected chi connectivity index (χ4v) is 1.95. The van der Waals surface area contributed by atoms with Gasteiger partial charge in [-0.3, -0.25) is 0 Å². The van der Waals surface area contributed by atoms with Crippen molar-refractivity contribution < 1.29 is 18.3 Å². The van der Waals surface area contributed by atoms with E-state index in [1.54, 1.807) is 13.0 Å². The summed E-state index contributed by atoms with van der Waals surface area (Å²) in [7, 11) is 0. The monoisotopic (exact) mass is 313 g/mol. The van der Waals surface area contributed by atoms with Gasteiger partial charge in [0.2, 0.25) is 0 Å². The zero-order chi connectivity index (χ0) is 13.1. The van der Waals surface area contributed by atoms with Gasteiger partial charge in [0.05, 0.1) is 6.61 Å². The Morgan fingerprint density at radius 3 is 2.94 bits per heavy atom. The first kappa shape index (κ1) is 12.8. The molecule has 0 bridgehead atoms. The molecule has 0 amide bonds. The molecular formula is C12H9BrFNO3. The van der Waals surface area contributed by atoms with Crippen LogP contribution in [0.5, 0.6) is 0 Å². The van der Waals surface area contributed by atoms with Gasteiger partial charge in [-0.2, -0.15) is 0 Å². The first-order valence-corrected chi connectivity index (χ1v) is 5.98. The number of oxazole rings is 1. The van der Waals surface area contributed by atoms with Crippen molar-refractivity contribution in [1.29, 1.82) is 0 Å². The predicted molar refractivity (Wildman–Crippen MR) is 65.6 cm³/mol. The molecule has 1 aromatic carbocycles. The highest BCUT2D eigenvalue weighted by atomic mass is 79.9. The zero-order valence-electron chi connectivity index (χ0n) is 9.44. The Balaban J connectivity index is 2.45. The highest BCUT2D eigenvalue weighted by Gasteiger charge is 2.20. The van der Waals surface area contributed by atoms with Crippen molar-refractivity contribution >= 4 is 21.9 Å². The Hall–Kier alpha value is -1.69. The minimum Gasteiger partial charge on any atom is -0.461 e. The summed E-state index contributed by atoms with van der Waals surface area (Å²) in [6.07, 6.45) is 1.13. The van der Waals surface area contributed by atoms with Gasteiger partial charge in [0.1, 0.15) is 5.82 Å². The van der Waals surface area contributed by atoms with E-state index >= 15 is 0 Å². The lowest BCUT2D eigenvalue weighted by Gasteiger charge is -2.02. The van der Waals surface area contributed by atoms with E-state index in [1.807, 2.05) is 0 Å². The average molecular weight is 314 g/mol. The summed E-state index contributed by atoms with van der Waals surface area (Å²) in [6.45, 7) is 1.93. The van der Waals surface area contributed by atoms with E-state index in [2.05, 4.69) is 20.9 Å². The Kier molecular flexibility index (Phi) is 3.76. The van der Waals surface area contributed by atoms with Crippen LogP contribution in [0.1, 0.15) is 17.4 Å². The number of esters is 1. The first-order valence-electron chi connectivity index (χ1n) is 5.19. The SMILES string of the molecule is CCOC(=O)c1ncoc1-c1cc(F)cc(Br)c1. The molecule has 2 rings (SSSR count). The summed E-state index contributed by atoms with van der Waals surface area (Å²) in [5, 5.41) is 0. The van der Waals surface area contributed by atoms with Crippen LogP contribution in [0.4, 0.5) is 4.39 Å². The third kappa shape index (κ3) is 2.59. The second-order valence-corrected chi connectivity index (χ2v) is 4.32. The number of rotatable bonds is 3. The van der Waals surface area contributed by atoms with Crippen LogP contribution in [0.15, 0.2) is 33.5 Å². The van der Waals surface area contributed by atoms with Gasteiger partial charge in [-0.1, -0.05) is 15.9 Å². The van der Waals surface area contributed by atoms with Gasteiger partial charge in [-0.25, -0.2) is 14.2 Å². The third-order valence-electron chi connectivity index (χ3n) is 2.16. The molecule has 0 saturated heterocycles. The molecule has 0 aliphatic heterocycles. The second-order valence-electron chi connectivity index (χ2n) is 3.41. The maximum absolute atomic E-state index is 13.3. The standard InChI is InChI=1S/C12H9BrFNO3/c1-2-17-12(16)10-11(18-6-15-10)7-3-8(13)5-9(14)4-7/h3-6H,2H2,1H3. The minimum absolute atomic E-state index is 0.0364. The van der Waals surface area contributed by atoms with Gasteiger partial charge in [0, 0.05) is 10.0 Å². The number of hydrogen-bond donors (Lipinski definition) is 0. The van der Waals surface area contributed by atoms with Crippen LogP contribution in [-0.4, -0.2) is 17.6 Å². The summed E-state index contributed by atoms with van der Waals surface area (Å²) in [4.78, 5) is 15.4. The molecule has 0 saturated carbocycles. The first-order chi connectivity index (χ1) is 8.61. The zero-order valence-corrected chi connectivity index (χ0v) is 11.0. The number of aromatic nitrogens is 1. The lowest BCUT2D eigenvalue weighted by Crippen LogP contribution is -2.06. The van der Waals surface area contributed by atoms with Crippen molar-refractivity contribution in [1.82, 2.24) is 4.98 Å². The molecule has 0 fully saturated rings. The molecule has 0 aliphatic carbocycles. The van der Waals surface area contributed by atoms with Crippen molar-refractivity contribution in [3.8, 4) is 11.3 Å². The number of benzene rings is 1. The Labute approximate surface area is 111 Å². The minimum atomic E-state index is -0.596. The van der Waals surface area contributed by atoms with Gasteiger partial charge in [-0.15, -0.1) is 0 Å². The molecule has 2 aromatic rings. The largest absolute Gasteiger partial charge is 0.461 e. The molecule has 1 aromatic heterocycles. The number of nitrogens with zero attached hydrogens (tertiary/aromatic N) is 1. The maximum Gasteiger partial charge on any atom is 0.360 e. The summed E-state index contributed by atoms with van der Waals surface area (Å²) < 4.78 is 23.8. The van der Waals surface area contributed by atoms with Crippen molar-refractivity contribution in [3.05, 3.63) is 40.6 Å². The van der Waals surface area contributed by atoms with Crippen molar-refractivity contribution in [2.24, 2.45) is 0 Å². The van der Waals surface area contributed by atoms with Gasteiger partial charge >= 0.3 is 5.97 Å². The number of carbonyl (C=O) groups is 1. The van der Waals surface area contributed by atoms with Gasteiger partial charge in [0.15, 0.2) is 17.8 Å². The molecule has 94 valence electrons. The lowest BCUT2D eigenvalue weighted by atomic mass is 10.1. The Bertz CT molecular complexity index is 562. The van der Waals surface area contributed by atoms with Crippen LogP contribution in [0.25, 0.3) is 11.3 Å². The summed E-state index contributed by atoms with van der Waals surface area (Å²) in [5.74, 6) is -0.846. The topological polar surface area (TPSA) is 52.3 Å². The lowest BCUT2D eigenvalue weighted by molar-refractivity contribution is 0.0520. The van der Waals surface area contributed by atoms with Crippen LogP contribution in [-0.2, 0) is 4.74 Å². The highest BCUT2D eigenvalue weighted by molar-refractivity contribution is 9.10.